The summed E-state index contributed by atoms with van der Waals surface area (Å²) in [5.41, 5.74) is 0. The molecular weight excluding hydrogens is 202 g/mol. The first kappa shape index (κ1) is 9.53. The van der Waals surface area contributed by atoms with E-state index in [1.807, 2.05) is 0 Å². The minimum absolute atomic E-state index is 1.17. The van der Waals surface area contributed by atoms with Gasteiger partial charge in [0.25, 0.3) is 0 Å². The van der Waals surface area contributed by atoms with E-state index in [0.29, 0.717) is 0 Å². The minimum Gasteiger partial charge on any atom is -0.303 e. The van der Waals surface area contributed by atoms with E-state index in [2.05, 4.69) is 20.8 Å². The molecule has 2 heteroatoms. The summed E-state index contributed by atoms with van der Waals surface area (Å²) in [6.45, 7) is 4.02. The van der Waals surface area contributed by atoms with Gasteiger partial charge >= 0.3 is 0 Å². The lowest BCUT2D eigenvalue weighted by Crippen LogP contribution is -2.30. The van der Waals surface area contributed by atoms with E-state index in [0.717, 1.165) is 0 Å². The third kappa shape index (κ3) is 4.12. The van der Waals surface area contributed by atoms with E-state index in [1.54, 1.807) is 0 Å². The fraction of sp³-hybridized carbons (Fsp3) is 1.00. The van der Waals surface area contributed by atoms with Crippen molar-refractivity contribution in [1.82, 2.24) is 4.90 Å². The first-order valence-corrected chi connectivity index (χ1v) is 5.84. The van der Waals surface area contributed by atoms with Gasteiger partial charge in [-0.25, -0.2) is 0 Å². The van der Waals surface area contributed by atoms with Crippen LogP contribution in [0.2, 0.25) is 0 Å². The lowest BCUT2D eigenvalue weighted by molar-refractivity contribution is 0.226. The topological polar surface area (TPSA) is 3.24 Å². The third-order valence-electron chi connectivity index (χ3n) is 2.31. The Balaban J connectivity index is 1.96. The highest BCUT2D eigenvalue weighted by Gasteiger charge is 2.08. The molecule has 0 saturated carbocycles. The molecule has 0 radical (unpaired) electrons. The van der Waals surface area contributed by atoms with Gasteiger partial charge in [-0.15, -0.1) is 0 Å². The standard InChI is InChI=1S/C9H18BrN/c10-6-2-5-9-11-7-3-1-4-8-11/h1-9H2. The van der Waals surface area contributed by atoms with Gasteiger partial charge in [-0.05, 0) is 45.3 Å². The largest absolute Gasteiger partial charge is 0.303 e. The van der Waals surface area contributed by atoms with Gasteiger partial charge in [-0.3, -0.25) is 0 Å². The number of nitrogens with zero attached hydrogens (tertiary/aromatic N) is 1. The molecule has 0 aliphatic carbocycles. The Morgan fingerprint density at radius 1 is 1.00 bits per heavy atom. The first-order chi connectivity index (χ1) is 5.43. The molecule has 1 rings (SSSR count). The zero-order valence-corrected chi connectivity index (χ0v) is 8.78. The van der Waals surface area contributed by atoms with E-state index >= 15 is 0 Å². The summed E-state index contributed by atoms with van der Waals surface area (Å²) >= 11 is 3.46. The Hall–Kier alpha value is 0.440. The van der Waals surface area contributed by atoms with Crippen molar-refractivity contribution in [1.29, 1.82) is 0 Å². The second kappa shape index (κ2) is 6.01. The number of unbranched alkanes of at least 4 members (excludes halogenated alkanes) is 1. The monoisotopic (exact) mass is 219 g/mol. The molecule has 1 aliphatic rings. The second-order valence-corrected chi connectivity index (χ2v) is 4.09. The number of rotatable bonds is 4. The fourth-order valence-corrected chi connectivity index (χ4v) is 2.01. The van der Waals surface area contributed by atoms with Crippen LogP contribution in [0.25, 0.3) is 0 Å². The van der Waals surface area contributed by atoms with Gasteiger partial charge in [0.2, 0.25) is 0 Å². The van der Waals surface area contributed by atoms with Crippen LogP contribution in [0.1, 0.15) is 32.1 Å². The number of alkyl halides is 1. The zero-order chi connectivity index (χ0) is 7.94. The fourth-order valence-electron chi connectivity index (χ4n) is 1.61. The molecule has 1 aliphatic heterocycles. The number of hydrogen-bond acceptors (Lipinski definition) is 1. The smallest absolute Gasteiger partial charge is 0.00317 e. The Morgan fingerprint density at radius 3 is 2.36 bits per heavy atom. The summed E-state index contributed by atoms with van der Waals surface area (Å²) < 4.78 is 0. The van der Waals surface area contributed by atoms with Gasteiger partial charge in [-0.1, -0.05) is 22.4 Å². The normalized spacial score (nSPS) is 20.5. The molecule has 0 amide bonds. The molecule has 0 N–H and O–H groups in total. The van der Waals surface area contributed by atoms with Crippen LogP contribution in [-0.4, -0.2) is 29.9 Å². The van der Waals surface area contributed by atoms with Crippen LogP contribution in [0, 0.1) is 0 Å². The highest BCUT2D eigenvalue weighted by molar-refractivity contribution is 9.09. The number of hydrogen-bond donors (Lipinski definition) is 0. The van der Waals surface area contributed by atoms with Crippen LogP contribution >= 0.6 is 15.9 Å². The Kier molecular flexibility index (Phi) is 5.21. The molecule has 1 fully saturated rings. The molecule has 11 heavy (non-hydrogen) atoms. The zero-order valence-electron chi connectivity index (χ0n) is 7.19. The van der Waals surface area contributed by atoms with Gasteiger partial charge in [-0.2, -0.15) is 0 Å². The van der Waals surface area contributed by atoms with Crippen LogP contribution < -0.4 is 0 Å². The van der Waals surface area contributed by atoms with Crippen molar-refractivity contribution < 1.29 is 0 Å². The minimum atomic E-state index is 1.17. The van der Waals surface area contributed by atoms with Crippen molar-refractivity contribution >= 4 is 15.9 Å². The van der Waals surface area contributed by atoms with Crippen LogP contribution in [0.4, 0.5) is 0 Å². The molecule has 0 aromatic rings. The maximum Gasteiger partial charge on any atom is 0.00317 e. The van der Waals surface area contributed by atoms with Crippen molar-refractivity contribution in [2.75, 3.05) is 25.0 Å². The van der Waals surface area contributed by atoms with Gasteiger partial charge in [0.15, 0.2) is 0 Å². The summed E-state index contributed by atoms with van der Waals surface area (Å²) in [6, 6.07) is 0. The van der Waals surface area contributed by atoms with Crippen molar-refractivity contribution in [3.8, 4) is 0 Å². The van der Waals surface area contributed by atoms with Crippen LogP contribution in [0.5, 0.6) is 0 Å². The quantitative estimate of drug-likeness (QED) is 0.520. The summed E-state index contributed by atoms with van der Waals surface area (Å²) in [5.74, 6) is 0. The average Bonchev–Trinajstić information content (AvgIpc) is 2.07. The van der Waals surface area contributed by atoms with Crippen molar-refractivity contribution in [2.45, 2.75) is 32.1 Å². The van der Waals surface area contributed by atoms with Crippen molar-refractivity contribution in [3.63, 3.8) is 0 Å². The van der Waals surface area contributed by atoms with E-state index < -0.39 is 0 Å². The van der Waals surface area contributed by atoms with Crippen molar-refractivity contribution in [2.24, 2.45) is 0 Å². The average molecular weight is 220 g/mol. The van der Waals surface area contributed by atoms with E-state index in [-0.39, 0.29) is 0 Å². The van der Waals surface area contributed by atoms with Crippen LogP contribution in [0.15, 0.2) is 0 Å². The van der Waals surface area contributed by atoms with Crippen molar-refractivity contribution in [3.05, 3.63) is 0 Å². The Bertz CT molecular complexity index is 89.6. The number of halogens is 1. The maximum absolute atomic E-state index is 3.46. The number of likely N-dealkylation sites (tertiary alicyclic amines) is 1. The lowest BCUT2D eigenvalue weighted by Gasteiger charge is -2.26. The molecule has 1 heterocycles. The van der Waals surface area contributed by atoms with E-state index in [9.17, 15) is 0 Å². The molecule has 1 saturated heterocycles. The van der Waals surface area contributed by atoms with Gasteiger partial charge < -0.3 is 4.90 Å². The predicted octanol–water partition coefficient (Wildman–Crippen LogP) is 2.65. The third-order valence-corrected chi connectivity index (χ3v) is 2.87. The van der Waals surface area contributed by atoms with Gasteiger partial charge in [0, 0.05) is 5.33 Å². The van der Waals surface area contributed by atoms with Gasteiger partial charge in [0.1, 0.15) is 0 Å². The summed E-state index contributed by atoms with van der Waals surface area (Å²) in [5, 5.41) is 1.17. The van der Waals surface area contributed by atoms with E-state index in [1.165, 1.54) is 57.1 Å². The second-order valence-electron chi connectivity index (χ2n) is 3.30. The van der Waals surface area contributed by atoms with Gasteiger partial charge in [0.05, 0.1) is 0 Å². The Morgan fingerprint density at radius 2 is 1.73 bits per heavy atom. The molecular formula is C9H18BrN. The van der Waals surface area contributed by atoms with Crippen LogP contribution in [0.3, 0.4) is 0 Å². The van der Waals surface area contributed by atoms with Crippen LogP contribution in [-0.2, 0) is 0 Å². The maximum atomic E-state index is 3.46. The SMILES string of the molecule is BrCCCCN1CCCCC1. The Labute approximate surface area is 78.3 Å². The molecule has 1 nitrogen and oxygen atoms in total. The van der Waals surface area contributed by atoms with E-state index in [4.69, 9.17) is 0 Å². The number of piperidine rings is 1. The molecule has 0 bridgehead atoms. The summed E-state index contributed by atoms with van der Waals surface area (Å²) in [6.07, 6.45) is 7.00. The molecule has 0 unspecified atom stereocenters. The molecule has 0 spiro atoms. The first-order valence-electron chi connectivity index (χ1n) is 4.72. The molecule has 66 valence electrons. The highest BCUT2D eigenvalue weighted by Crippen LogP contribution is 2.09. The predicted molar refractivity (Wildman–Crippen MR) is 53.3 cm³/mol. The lowest BCUT2D eigenvalue weighted by atomic mass is 10.1. The summed E-state index contributed by atoms with van der Waals surface area (Å²) in [4.78, 5) is 2.60. The highest BCUT2D eigenvalue weighted by atomic mass is 79.9. The molecule has 0 aromatic carbocycles. The summed E-state index contributed by atoms with van der Waals surface area (Å²) in [7, 11) is 0. The molecule has 0 aromatic heterocycles. The molecule has 0 atom stereocenters.